The van der Waals surface area contributed by atoms with Crippen LogP contribution in [0.1, 0.15) is 0 Å². The smallest absolute Gasteiger partial charge is 0.137 e. The third-order valence-electron chi connectivity index (χ3n) is 1.01. The van der Waals surface area contributed by atoms with Crippen LogP contribution < -0.4 is 0 Å². The van der Waals surface area contributed by atoms with Crippen LogP contribution in [0, 0.1) is 5.82 Å². The fourth-order valence-corrected chi connectivity index (χ4v) is 1.02. The molecule has 0 amide bonds. The molecule has 52 valence electrons. The lowest BCUT2D eigenvalue weighted by molar-refractivity contribution is 0.621. The summed E-state index contributed by atoms with van der Waals surface area (Å²) in [7, 11) is 0. The van der Waals surface area contributed by atoms with Crippen molar-refractivity contribution in [2.75, 3.05) is 0 Å². The number of hydrogen-bond acceptors (Lipinski definition) is 2. The van der Waals surface area contributed by atoms with Crippen LogP contribution in [0.4, 0.5) is 10.1 Å². The Hall–Kier alpha value is -0.350. The molecule has 1 rings (SSSR count). The molecule has 1 aromatic rings. The van der Waals surface area contributed by atoms with Crippen LogP contribution in [0.25, 0.3) is 0 Å². The van der Waals surface area contributed by atoms with Crippen molar-refractivity contribution in [1.82, 2.24) is 0 Å². The zero-order valence-corrected chi connectivity index (χ0v) is 7.25. The van der Waals surface area contributed by atoms with Crippen molar-refractivity contribution in [2.24, 2.45) is 4.36 Å². The Labute approximate surface area is 71.6 Å². The molecular formula is C6H3BrFNS. The van der Waals surface area contributed by atoms with Gasteiger partial charge >= 0.3 is 0 Å². The highest BCUT2D eigenvalue weighted by Gasteiger charge is 1.97. The van der Waals surface area contributed by atoms with Gasteiger partial charge in [0, 0.05) is 12.4 Å². The summed E-state index contributed by atoms with van der Waals surface area (Å²) in [4.78, 5) is 0. The molecule has 0 aliphatic rings. The Balaban J connectivity index is 3.16. The molecule has 0 bridgehead atoms. The molecule has 0 saturated carbocycles. The molecule has 4 heteroatoms. The molecule has 0 unspecified atom stereocenters. The Morgan fingerprint density at radius 3 is 2.70 bits per heavy atom. The minimum Gasteiger partial charge on any atom is -0.206 e. The van der Waals surface area contributed by atoms with E-state index in [0.29, 0.717) is 10.2 Å². The van der Waals surface area contributed by atoms with E-state index in [0.717, 1.165) is 0 Å². The molecule has 0 aliphatic carbocycles. The van der Waals surface area contributed by atoms with E-state index < -0.39 is 0 Å². The lowest BCUT2D eigenvalue weighted by Gasteiger charge is -1.93. The molecule has 0 saturated heterocycles. The highest BCUT2D eigenvalue weighted by atomic mass is 79.9. The van der Waals surface area contributed by atoms with Gasteiger partial charge in [0.25, 0.3) is 0 Å². The normalized spacial score (nSPS) is 9.40. The average molecular weight is 220 g/mol. The molecule has 0 atom stereocenters. The standard InChI is InChI=1S/C6H3BrFNS/c7-5-3-4(9-10)1-2-6(5)8/h1-3H. The van der Waals surface area contributed by atoms with Gasteiger partial charge in [-0.3, -0.25) is 0 Å². The molecule has 0 aliphatic heterocycles. The van der Waals surface area contributed by atoms with Gasteiger partial charge < -0.3 is 0 Å². The van der Waals surface area contributed by atoms with Crippen LogP contribution in [0.2, 0.25) is 0 Å². The van der Waals surface area contributed by atoms with Gasteiger partial charge in [-0.1, -0.05) is 0 Å². The molecule has 10 heavy (non-hydrogen) atoms. The number of nitrogens with zero attached hydrogens (tertiary/aromatic N) is 1. The zero-order chi connectivity index (χ0) is 7.56. The maximum absolute atomic E-state index is 12.5. The Bertz CT molecular complexity index is 264. The first kappa shape index (κ1) is 7.75. The minimum atomic E-state index is -0.303. The summed E-state index contributed by atoms with van der Waals surface area (Å²) >= 11 is 7.41. The van der Waals surface area contributed by atoms with Crippen molar-refractivity contribution < 1.29 is 4.39 Å². The SMILES string of the molecule is Fc1ccc(N=S)cc1Br. The second-order valence-electron chi connectivity index (χ2n) is 1.69. The number of hydrogen-bond donors (Lipinski definition) is 0. The summed E-state index contributed by atoms with van der Waals surface area (Å²) in [6.45, 7) is 0. The molecule has 0 N–H and O–H groups in total. The zero-order valence-electron chi connectivity index (χ0n) is 4.84. The summed E-state index contributed by atoms with van der Waals surface area (Å²) in [5, 5.41) is 0. The third-order valence-corrected chi connectivity index (χ3v) is 1.83. The molecule has 0 radical (unpaired) electrons. The summed E-state index contributed by atoms with van der Waals surface area (Å²) in [6.07, 6.45) is 0. The van der Waals surface area contributed by atoms with Crippen LogP contribution in [-0.4, -0.2) is 0 Å². The van der Waals surface area contributed by atoms with Gasteiger partial charge in [0.2, 0.25) is 0 Å². The summed E-state index contributed by atoms with van der Waals surface area (Å²) < 4.78 is 16.4. The predicted molar refractivity (Wildman–Crippen MR) is 43.6 cm³/mol. The topological polar surface area (TPSA) is 12.4 Å². The number of halogens is 2. The summed E-state index contributed by atoms with van der Waals surface area (Å²) in [5.41, 5.74) is 0.586. The number of benzene rings is 1. The molecule has 1 nitrogen and oxygen atoms in total. The van der Waals surface area contributed by atoms with Crippen LogP contribution in [0.3, 0.4) is 0 Å². The number of rotatable bonds is 1. The fraction of sp³-hybridized carbons (Fsp3) is 0. The maximum Gasteiger partial charge on any atom is 0.137 e. The lowest BCUT2D eigenvalue weighted by Crippen LogP contribution is -1.73. The first-order chi connectivity index (χ1) is 4.74. The second-order valence-corrected chi connectivity index (χ2v) is 2.73. The predicted octanol–water partition coefficient (Wildman–Crippen LogP) is 2.95. The Kier molecular flexibility index (Phi) is 2.45. The highest BCUT2D eigenvalue weighted by Crippen LogP contribution is 2.21. The minimum absolute atomic E-state index is 0.303. The molecule has 0 heterocycles. The fourth-order valence-electron chi connectivity index (χ4n) is 0.542. The Morgan fingerprint density at radius 2 is 2.20 bits per heavy atom. The van der Waals surface area contributed by atoms with E-state index in [1.807, 2.05) is 0 Å². The van der Waals surface area contributed by atoms with Crippen molar-refractivity contribution in [3.63, 3.8) is 0 Å². The van der Waals surface area contributed by atoms with E-state index in [1.54, 1.807) is 0 Å². The van der Waals surface area contributed by atoms with Crippen LogP contribution in [0.5, 0.6) is 0 Å². The van der Waals surface area contributed by atoms with Gasteiger partial charge in [-0.05, 0) is 34.1 Å². The largest absolute Gasteiger partial charge is 0.206 e. The van der Waals surface area contributed by atoms with Crippen LogP contribution in [-0.2, 0) is 12.4 Å². The summed E-state index contributed by atoms with van der Waals surface area (Å²) in [6, 6.07) is 4.37. The molecule has 0 aromatic heterocycles. The molecule has 1 aromatic carbocycles. The van der Waals surface area contributed by atoms with E-state index in [9.17, 15) is 4.39 Å². The van der Waals surface area contributed by atoms with Gasteiger partial charge in [-0.2, -0.15) is 4.36 Å². The van der Waals surface area contributed by atoms with Crippen molar-refractivity contribution in [2.45, 2.75) is 0 Å². The quantitative estimate of drug-likeness (QED) is 0.708. The summed E-state index contributed by atoms with van der Waals surface area (Å²) in [5.74, 6) is -0.303. The highest BCUT2D eigenvalue weighted by molar-refractivity contribution is 9.10. The van der Waals surface area contributed by atoms with E-state index in [1.165, 1.54) is 18.2 Å². The maximum atomic E-state index is 12.5. The average Bonchev–Trinajstić information content (AvgIpc) is 1.95. The molecule has 0 fully saturated rings. The van der Waals surface area contributed by atoms with Gasteiger partial charge in [0.1, 0.15) is 5.82 Å². The van der Waals surface area contributed by atoms with Crippen LogP contribution in [0.15, 0.2) is 27.0 Å². The van der Waals surface area contributed by atoms with Crippen molar-refractivity contribution in [3.05, 3.63) is 28.5 Å². The van der Waals surface area contributed by atoms with E-state index in [2.05, 4.69) is 32.7 Å². The van der Waals surface area contributed by atoms with Crippen LogP contribution >= 0.6 is 15.9 Å². The van der Waals surface area contributed by atoms with Gasteiger partial charge in [-0.15, -0.1) is 0 Å². The third kappa shape index (κ3) is 1.58. The van der Waals surface area contributed by atoms with E-state index in [-0.39, 0.29) is 5.82 Å². The van der Waals surface area contributed by atoms with E-state index in [4.69, 9.17) is 0 Å². The van der Waals surface area contributed by atoms with Gasteiger partial charge in [0.05, 0.1) is 10.2 Å². The first-order valence-electron chi connectivity index (χ1n) is 2.52. The van der Waals surface area contributed by atoms with Crippen molar-refractivity contribution in [3.8, 4) is 0 Å². The second kappa shape index (κ2) is 3.16. The van der Waals surface area contributed by atoms with Gasteiger partial charge in [0.15, 0.2) is 0 Å². The molecular weight excluding hydrogens is 217 g/mol. The van der Waals surface area contributed by atoms with E-state index >= 15 is 0 Å². The molecule has 0 spiro atoms. The monoisotopic (exact) mass is 219 g/mol. The van der Waals surface area contributed by atoms with Crippen molar-refractivity contribution >= 4 is 34.0 Å². The first-order valence-corrected chi connectivity index (χ1v) is 3.68. The Morgan fingerprint density at radius 1 is 1.50 bits per heavy atom. The lowest BCUT2D eigenvalue weighted by atomic mass is 10.3. The van der Waals surface area contributed by atoms with Crippen molar-refractivity contribution in [1.29, 1.82) is 0 Å². The van der Waals surface area contributed by atoms with Gasteiger partial charge in [-0.25, -0.2) is 4.39 Å².